The molecule has 0 aliphatic heterocycles. The first-order valence-corrected chi connectivity index (χ1v) is 6.42. The predicted octanol–water partition coefficient (Wildman–Crippen LogP) is 1.79. The van der Waals surface area contributed by atoms with Gasteiger partial charge in [-0.1, -0.05) is 30.3 Å². The molecule has 6 heteroatoms. The lowest BCUT2D eigenvalue weighted by atomic mass is 10.2. The zero-order valence-electron chi connectivity index (χ0n) is 11.2. The third-order valence-corrected chi connectivity index (χ3v) is 2.42. The zero-order chi connectivity index (χ0) is 14.6. The van der Waals surface area contributed by atoms with Crippen LogP contribution in [-0.4, -0.2) is 36.9 Å². The molecule has 6 nitrogen and oxygen atoms in total. The fourth-order valence-electron chi connectivity index (χ4n) is 1.45. The number of benzene rings is 1. The van der Waals surface area contributed by atoms with E-state index < -0.39 is 12.1 Å². The molecule has 0 aliphatic carbocycles. The minimum absolute atomic E-state index is 0.244. The smallest absolute Gasteiger partial charge is 0.407 e. The third-order valence-electron chi connectivity index (χ3n) is 2.42. The Bertz CT molecular complexity index is 407. The molecule has 0 bridgehead atoms. The monoisotopic (exact) mass is 281 g/mol. The van der Waals surface area contributed by atoms with Crippen LogP contribution in [0.5, 0.6) is 0 Å². The van der Waals surface area contributed by atoms with Crippen molar-refractivity contribution in [1.29, 1.82) is 0 Å². The van der Waals surface area contributed by atoms with E-state index in [2.05, 4.69) is 5.32 Å². The Balaban J connectivity index is 1.96. The highest BCUT2D eigenvalue weighted by molar-refractivity contribution is 5.68. The molecule has 0 unspecified atom stereocenters. The van der Waals surface area contributed by atoms with Crippen molar-refractivity contribution in [2.75, 3.05) is 19.8 Å². The van der Waals surface area contributed by atoms with Gasteiger partial charge in [-0.3, -0.25) is 0 Å². The maximum atomic E-state index is 11.4. The number of hydrogen-bond acceptors (Lipinski definition) is 4. The number of carboxylic acid groups (broad SMARTS) is 1. The van der Waals surface area contributed by atoms with Gasteiger partial charge in [0.15, 0.2) is 0 Å². The molecular weight excluding hydrogens is 262 g/mol. The molecule has 0 saturated carbocycles. The molecule has 1 aromatic carbocycles. The van der Waals surface area contributed by atoms with Crippen LogP contribution in [0.4, 0.5) is 4.79 Å². The van der Waals surface area contributed by atoms with Crippen molar-refractivity contribution in [3.05, 3.63) is 35.9 Å². The van der Waals surface area contributed by atoms with Crippen LogP contribution >= 0.6 is 0 Å². The number of rotatable bonds is 9. The van der Waals surface area contributed by atoms with Crippen LogP contribution in [0.25, 0.3) is 0 Å². The van der Waals surface area contributed by atoms with Gasteiger partial charge in [0.25, 0.3) is 0 Å². The summed E-state index contributed by atoms with van der Waals surface area (Å²) in [5, 5.41) is 11.0. The lowest BCUT2D eigenvalue weighted by molar-refractivity contribution is -0.142. The van der Waals surface area contributed by atoms with Crippen molar-refractivity contribution in [3.63, 3.8) is 0 Å². The lowest BCUT2D eigenvalue weighted by Gasteiger charge is -2.07. The van der Waals surface area contributed by atoms with Gasteiger partial charge in [0.05, 0.1) is 0 Å². The SMILES string of the molecule is O=C(O)COCCCCNC(=O)OCc1ccccc1. The number of carbonyl (C=O) groups is 2. The van der Waals surface area contributed by atoms with E-state index in [1.807, 2.05) is 30.3 Å². The van der Waals surface area contributed by atoms with Gasteiger partial charge < -0.3 is 19.9 Å². The van der Waals surface area contributed by atoms with Crippen molar-refractivity contribution < 1.29 is 24.2 Å². The number of alkyl carbamates (subject to hydrolysis) is 1. The Kier molecular flexibility index (Phi) is 7.83. The summed E-state index contributed by atoms with van der Waals surface area (Å²) in [5.74, 6) is -0.979. The second-order valence-corrected chi connectivity index (χ2v) is 4.14. The van der Waals surface area contributed by atoms with E-state index in [9.17, 15) is 9.59 Å². The molecular formula is C14H19NO5. The Morgan fingerprint density at radius 1 is 1.15 bits per heavy atom. The number of nitrogens with one attached hydrogen (secondary N) is 1. The number of carbonyl (C=O) groups excluding carboxylic acids is 1. The van der Waals surface area contributed by atoms with E-state index in [0.29, 0.717) is 26.0 Å². The third kappa shape index (κ3) is 8.10. The fourth-order valence-corrected chi connectivity index (χ4v) is 1.45. The summed E-state index contributed by atoms with van der Waals surface area (Å²) in [5.41, 5.74) is 0.935. The Labute approximate surface area is 117 Å². The summed E-state index contributed by atoms with van der Waals surface area (Å²) in [6.45, 7) is 0.804. The molecule has 1 rings (SSSR count). The molecule has 110 valence electrons. The number of ether oxygens (including phenoxy) is 2. The fraction of sp³-hybridized carbons (Fsp3) is 0.429. The highest BCUT2D eigenvalue weighted by Gasteiger charge is 2.01. The average molecular weight is 281 g/mol. The van der Waals surface area contributed by atoms with Gasteiger partial charge in [0.1, 0.15) is 13.2 Å². The van der Waals surface area contributed by atoms with Crippen molar-refractivity contribution in [1.82, 2.24) is 5.32 Å². The summed E-state index contributed by atoms with van der Waals surface area (Å²) in [4.78, 5) is 21.5. The summed E-state index contributed by atoms with van der Waals surface area (Å²) >= 11 is 0. The average Bonchev–Trinajstić information content (AvgIpc) is 2.45. The second-order valence-electron chi connectivity index (χ2n) is 4.14. The van der Waals surface area contributed by atoms with Crippen molar-refractivity contribution in [3.8, 4) is 0 Å². The van der Waals surface area contributed by atoms with Gasteiger partial charge in [-0.25, -0.2) is 9.59 Å². The quantitative estimate of drug-likeness (QED) is 0.674. The van der Waals surface area contributed by atoms with Crippen molar-refractivity contribution >= 4 is 12.1 Å². The van der Waals surface area contributed by atoms with Crippen molar-refractivity contribution in [2.45, 2.75) is 19.4 Å². The molecule has 0 spiro atoms. The molecule has 0 aliphatic rings. The van der Waals surface area contributed by atoms with Crippen LogP contribution < -0.4 is 5.32 Å². The molecule has 1 amide bonds. The van der Waals surface area contributed by atoms with E-state index in [1.165, 1.54) is 0 Å². The largest absolute Gasteiger partial charge is 0.480 e. The standard InChI is InChI=1S/C14H19NO5/c16-13(17)11-19-9-5-4-8-15-14(18)20-10-12-6-2-1-3-7-12/h1-3,6-7H,4-5,8-11H2,(H,15,18)(H,16,17). The van der Waals surface area contributed by atoms with Gasteiger partial charge in [0.2, 0.25) is 0 Å². The van der Waals surface area contributed by atoms with E-state index in [4.69, 9.17) is 14.6 Å². The van der Waals surface area contributed by atoms with E-state index in [0.717, 1.165) is 5.56 Å². The molecule has 2 N–H and O–H groups in total. The van der Waals surface area contributed by atoms with E-state index in [-0.39, 0.29) is 13.2 Å². The summed E-state index contributed by atoms with van der Waals surface area (Å²) in [6.07, 6.45) is 0.937. The van der Waals surface area contributed by atoms with Crippen LogP contribution in [0.3, 0.4) is 0 Å². The van der Waals surface area contributed by atoms with E-state index in [1.54, 1.807) is 0 Å². The lowest BCUT2D eigenvalue weighted by Crippen LogP contribution is -2.25. The molecule has 20 heavy (non-hydrogen) atoms. The summed E-state index contributed by atoms with van der Waals surface area (Å²) in [7, 11) is 0. The first-order chi connectivity index (χ1) is 9.68. The first-order valence-electron chi connectivity index (χ1n) is 6.42. The number of aliphatic carboxylic acids is 1. The van der Waals surface area contributed by atoms with Crippen LogP contribution in [-0.2, 0) is 20.9 Å². The molecule has 0 atom stereocenters. The zero-order valence-corrected chi connectivity index (χ0v) is 11.2. The maximum Gasteiger partial charge on any atom is 0.407 e. The van der Waals surface area contributed by atoms with Gasteiger partial charge in [0, 0.05) is 13.2 Å². The Morgan fingerprint density at radius 3 is 2.60 bits per heavy atom. The van der Waals surface area contributed by atoms with E-state index >= 15 is 0 Å². The second kappa shape index (κ2) is 9.80. The van der Waals surface area contributed by atoms with Gasteiger partial charge in [-0.15, -0.1) is 0 Å². The molecule has 0 radical (unpaired) electrons. The normalized spacial score (nSPS) is 10.0. The molecule has 0 fully saturated rings. The minimum Gasteiger partial charge on any atom is -0.480 e. The number of amides is 1. The molecule has 0 saturated heterocycles. The predicted molar refractivity (Wildman–Crippen MR) is 72.3 cm³/mol. The topological polar surface area (TPSA) is 84.9 Å². The molecule has 1 aromatic rings. The van der Waals surface area contributed by atoms with Crippen molar-refractivity contribution in [2.24, 2.45) is 0 Å². The Hall–Kier alpha value is -2.08. The van der Waals surface area contributed by atoms with Crippen LogP contribution in [0.2, 0.25) is 0 Å². The van der Waals surface area contributed by atoms with Gasteiger partial charge >= 0.3 is 12.1 Å². The van der Waals surface area contributed by atoms with Crippen LogP contribution in [0.15, 0.2) is 30.3 Å². The number of unbranched alkanes of at least 4 members (excludes halogenated alkanes) is 1. The molecule has 0 aromatic heterocycles. The molecule has 0 heterocycles. The highest BCUT2D eigenvalue weighted by atomic mass is 16.5. The Morgan fingerprint density at radius 2 is 1.90 bits per heavy atom. The maximum absolute atomic E-state index is 11.4. The van der Waals surface area contributed by atoms with Gasteiger partial charge in [-0.2, -0.15) is 0 Å². The highest BCUT2D eigenvalue weighted by Crippen LogP contribution is 2.00. The van der Waals surface area contributed by atoms with Crippen LogP contribution in [0.1, 0.15) is 18.4 Å². The minimum atomic E-state index is -0.979. The number of carboxylic acids is 1. The first kappa shape index (κ1) is 16.0. The number of hydrogen-bond donors (Lipinski definition) is 2. The summed E-state index contributed by atoms with van der Waals surface area (Å²) in [6, 6.07) is 9.43. The summed E-state index contributed by atoms with van der Waals surface area (Å²) < 4.78 is 9.89. The van der Waals surface area contributed by atoms with Gasteiger partial charge in [-0.05, 0) is 18.4 Å². The van der Waals surface area contributed by atoms with Crippen LogP contribution in [0, 0.1) is 0 Å².